The van der Waals surface area contributed by atoms with Gasteiger partial charge in [0.2, 0.25) is 0 Å². The Hall–Kier alpha value is -2.10. The Bertz CT molecular complexity index is 515. The molecule has 2 rings (SSSR count). The summed E-state index contributed by atoms with van der Waals surface area (Å²) in [7, 11) is 3.54. The van der Waals surface area contributed by atoms with Crippen LogP contribution in [0.15, 0.2) is 30.3 Å². The van der Waals surface area contributed by atoms with Crippen LogP contribution in [-0.2, 0) is 12.8 Å². The maximum Gasteiger partial charge on any atom is 0.135 e. The number of ether oxygens (including phenoxy) is 1. The molecule has 0 amide bonds. The van der Waals surface area contributed by atoms with E-state index in [1.165, 1.54) is 5.56 Å². The fourth-order valence-corrected chi connectivity index (χ4v) is 1.87. The molecule has 0 atom stereocenters. The number of nitrogens with one attached hydrogen (secondary N) is 1. The maximum atomic E-state index is 5.15. The molecule has 0 fully saturated rings. The summed E-state index contributed by atoms with van der Waals surface area (Å²) in [5.74, 6) is 2.58. The smallest absolute Gasteiger partial charge is 0.135 e. The normalized spacial score (nSPS) is 10.3. The van der Waals surface area contributed by atoms with Crippen molar-refractivity contribution in [1.82, 2.24) is 9.97 Å². The van der Waals surface area contributed by atoms with E-state index in [1.807, 2.05) is 37.4 Å². The SMILES string of the molecule is CCc1cc(NC)nc(Cc2ccc(OC)cc2)n1. The first-order valence-electron chi connectivity index (χ1n) is 6.42. The van der Waals surface area contributed by atoms with E-state index in [2.05, 4.69) is 22.2 Å². The molecule has 1 aromatic heterocycles. The molecule has 19 heavy (non-hydrogen) atoms. The second-order valence-corrected chi connectivity index (χ2v) is 4.29. The van der Waals surface area contributed by atoms with Crippen LogP contribution in [0.25, 0.3) is 0 Å². The Morgan fingerprint density at radius 2 is 1.89 bits per heavy atom. The molecule has 1 aromatic carbocycles. The number of rotatable bonds is 5. The Balaban J connectivity index is 2.21. The van der Waals surface area contributed by atoms with Crippen LogP contribution >= 0.6 is 0 Å². The molecule has 0 spiro atoms. The minimum absolute atomic E-state index is 0.729. The predicted octanol–water partition coefficient (Wildman–Crippen LogP) is 2.68. The average molecular weight is 257 g/mol. The second kappa shape index (κ2) is 6.18. The number of benzene rings is 1. The summed E-state index contributed by atoms with van der Waals surface area (Å²) in [5.41, 5.74) is 2.24. The molecule has 1 N–H and O–H groups in total. The average Bonchev–Trinajstić information content (AvgIpc) is 2.47. The molecule has 4 heteroatoms. The van der Waals surface area contributed by atoms with E-state index in [-0.39, 0.29) is 0 Å². The molecule has 0 aliphatic carbocycles. The van der Waals surface area contributed by atoms with E-state index in [4.69, 9.17) is 4.74 Å². The van der Waals surface area contributed by atoms with Gasteiger partial charge in [0.1, 0.15) is 17.4 Å². The van der Waals surface area contributed by atoms with Crippen molar-refractivity contribution < 1.29 is 4.74 Å². The number of hydrogen-bond acceptors (Lipinski definition) is 4. The first-order valence-corrected chi connectivity index (χ1v) is 6.42. The number of hydrogen-bond donors (Lipinski definition) is 1. The van der Waals surface area contributed by atoms with Crippen molar-refractivity contribution in [3.63, 3.8) is 0 Å². The van der Waals surface area contributed by atoms with E-state index < -0.39 is 0 Å². The third kappa shape index (κ3) is 3.44. The van der Waals surface area contributed by atoms with Gasteiger partial charge in [0.15, 0.2) is 0 Å². The molecule has 4 nitrogen and oxygen atoms in total. The summed E-state index contributed by atoms with van der Waals surface area (Å²) in [6.45, 7) is 2.10. The summed E-state index contributed by atoms with van der Waals surface area (Å²) >= 11 is 0. The highest BCUT2D eigenvalue weighted by molar-refractivity contribution is 5.36. The molecule has 0 unspecified atom stereocenters. The number of anilines is 1. The second-order valence-electron chi connectivity index (χ2n) is 4.29. The lowest BCUT2D eigenvalue weighted by Crippen LogP contribution is -2.04. The Labute approximate surface area is 113 Å². The molecular weight excluding hydrogens is 238 g/mol. The minimum atomic E-state index is 0.729. The molecular formula is C15H19N3O. The minimum Gasteiger partial charge on any atom is -0.497 e. The van der Waals surface area contributed by atoms with Gasteiger partial charge in [-0.1, -0.05) is 19.1 Å². The number of aromatic nitrogens is 2. The highest BCUT2D eigenvalue weighted by Crippen LogP contribution is 2.15. The first-order chi connectivity index (χ1) is 9.25. The monoisotopic (exact) mass is 257 g/mol. The van der Waals surface area contributed by atoms with Crippen LogP contribution in [0.4, 0.5) is 5.82 Å². The Morgan fingerprint density at radius 3 is 2.47 bits per heavy atom. The Kier molecular flexibility index (Phi) is 4.34. The van der Waals surface area contributed by atoms with Crippen molar-refractivity contribution in [2.75, 3.05) is 19.5 Å². The van der Waals surface area contributed by atoms with Gasteiger partial charge in [-0.25, -0.2) is 9.97 Å². The standard InChI is InChI=1S/C15H19N3O/c1-4-12-10-14(16-2)18-15(17-12)9-11-5-7-13(19-3)8-6-11/h5-8,10H,4,9H2,1-3H3,(H,16,17,18). The largest absolute Gasteiger partial charge is 0.497 e. The quantitative estimate of drug-likeness (QED) is 0.894. The van der Waals surface area contributed by atoms with Crippen molar-refractivity contribution in [1.29, 1.82) is 0 Å². The van der Waals surface area contributed by atoms with E-state index >= 15 is 0 Å². The van der Waals surface area contributed by atoms with E-state index in [0.29, 0.717) is 0 Å². The lowest BCUT2D eigenvalue weighted by Gasteiger charge is -2.07. The summed E-state index contributed by atoms with van der Waals surface area (Å²) in [6.07, 6.45) is 1.64. The van der Waals surface area contributed by atoms with Gasteiger partial charge in [-0.3, -0.25) is 0 Å². The molecule has 0 radical (unpaired) electrons. The van der Waals surface area contributed by atoms with Crippen LogP contribution in [0.1, 0.15) is 24.0 Å². The van der Waals surface area contributed by atoms with Crippen LogP contribution in [0.2, 0.25) is 0 Å². The van der Waals surface area contributed by atoms with Crippen molar-refractivity contribution in [2.24, 2.45) is 0 Å². The number of nitrogens with zero attached hydrogens (tertiary/aromatic N) is 2. The lowest BCUT2D eigenvalue weighted by atomic mass is 10.1. The zero-order valence-corrected chi connectivity index (χ0v) is 11.6. The summed E-state index contributed by atoms with van der Waals surface area (Å²) in [6, 6.07) is 9.98. The van der Waals surface area contributed by atoms with Crippen molar-refractivity contribution in [3.05, 3.63) is 47.4 Å². The number of methoxy groups -OCH3 is 1. The van der Waals surface area contributed by atoms with Crippen LogP contribution < -0.4 is 10.1 Å². The van der Waals surface area contributed by atoms with E-state index in [1.54, 1.807) is 7.11 Å². The van der Waals surface area contributed by atoms with Gasteiger partial charge < -0.3 is 10.1 Å². The summed E-state index contributed by atoms with van der Waals surface area (Å²) in [4.78, 5) is 9.04. The molecule has 1 heterocycles. The van der Waals surface area contributed by atoms with E-state index in [0.717, 1.165) is 35.9 Å². The van der Waals surface area contributed by atoms with Gasteiger partial charge in [0.25, 0.3) is 0 Å². The third-order valence-corrected chi connectivity index (χ3v) is 2.97. The van der Waals surface area contributed by atoms with Crippen molar-refractivity contribution >= 4 is 5.82 Å². The fourth-order valence-electron chi connectivity index (χ4n) is 1.87. The Morgan fingerprint density at radius 1 is 1.16 bits per heavy atom. The molecule has 0 aliphatic heterocycles. The molecule has 100 valence electrons. The summed E-state index contributed by atoms with van der Waals surface area (Å²) < 4.78 is 5.15. The van der Waals surface area contributed by atoms with Gasteiger partial charge in [-0.05, 0) is 24.1 Å². The topological polar surface area (TPSA) is 47.0 Å². The molecule has 0 saturated carbocycles. The molecule has 0 saturated heterocycles. The van der Waals surface area contributed by atoms with Crippen LogP contribution in [0.3, 0.4) is 0 Å². The first kappa shape index (κ1) is 13.3. The third-order valence-electron chi connectivity index (χ3n) is 2.97. The zero-order chi connectivity index (χ0) is 13.7. The predicted molar refractivity (Wildman–Crippen MR) is 76.8 cm³/mol. The van der Waals surface area contributed by atoms with Crippen molar-refractivity contribution in [3.8, 4) is 5.75 Å². The van der Waals surface area contributed by atoms with Crippen LogP contribution in [0, 0.1) is 0 Å². The maximum absolute atomic E-state index is 5.15. The molecule has 0 aliphatic rings. The van der Waals surface area contributed by atoms with Crippen LogP contribution in [-0.4, -0.2) is 24.1 Å². The van der Waals surface area contributed by atoms with Gasteiger partial charge in [-0.15, -0.1) is 0 Å². The van der Waals surface area contributed by atoms with Gasteiger partial charge in [-0.2, -0.15) is 0 Å². The summed E-state index contributed by atoms with van der Waals surface area (Å²) in [5, 5.41) is 3.07. The molecule has 2 aromatic rings. The highest BCUT2D eigenvalue weighted by Gasteiger charge is 2.04. The van der Waals surface area contributed by atoms with Gasteiger partial charge >= 0.3 is 0 Å². The van der Waals surface area contributed by atoms with E-state index in [9.17, 15) is 0 Å². The van der Waals surface area contributed by atoms with Gasteiger partial charge in [0, 0.05) is 25.2 Å². The highest BCUT2D eigenvalue weighted by atomic mass is 16.5. The molecule has 0 bridgehead atoms. The van der Waals surface area contributed by atoms with Gasteiger partial charge in [0.05, 0.1) is 7.11 Å². The zero-order valence-electron chi connectivity index (χ0n) is 11.6. The lowest BCUT2D eigenvalue weighted by molar-refractivity contribution is 0.414. The number of aryl methyl sites for hydroxylation is 1. The van der Waals surface area contributed by atoms with Crippen LogP contribution in [0.5, 0.6) is 5.75 Å². The fraction of sp³-hybridized carbons (Fsp3) is 0.333. The van der Waals surface area contributed by atoms with Crippen molar-refractivity contribution in [2.45, 2.75) is 19.8 Å².